The monoisotopic (exact) mass is 430 g/mol. The molecule has 3 aromatic carbocycles. The molecule has 3 aromatic rings. The van der Waals surface area contributed by atoms with E-state index in [1.54, 1.807) is 0 Å². The van der Waals surface area contributed by atoms with Gasteiger partial charge in [0.25, 0.3) is 0 Å². The van der Waals surface area contributed by atoms with Crippen LogP contribution in [0.3, 0.4) is 0 Å². The third kappa shape index (κ3) is 7.22. The van der Waals surface area contributed by atoms with Crippen molar-refractivity contribution in [2.45, 2.75) is 72.1 Å². The minimum Gasteiger partial charge on any atom is -0.494 e. The maximum absolute atomic E-state index is 12.3. The quantitative estimate of drug-likeness (QED) is 0.202. The Hall–Kier alpha value is -2.61. The summed E-state index contributed by atoms with van der Waals surface area (Å²) >= 11 is 0. The van der Waals surface area contributed by atoms with Crippen LogP contribution >= 0.6 is 0 Å². The predicted octanol–water partition coefficient (Wildman–Crippen LogP) is 8.20. The van der Waals surface area contributed by atoms with Crippen LogP contribution in [0.5, 0.6) is 5.75 Å². The zero-order chi connectivity index (χ0) is 22.8. The highest BCUT2D eigenvalue weighted by Crippen LogP contribution is 2.23. The first-order valence-electron chi connectivity index (χ1n) is 12.4. The van der Waals surface area contributed by atoms with Crippen LogP contribution in [0.2, 0.25) is 0 Å². The van der Waals surface area contributed by atoms with Gasteiger partial charge in [0, 0.05) is 12.0 Å². The molecule has 170 valence electrons. The topological polar surface area (TPSA) is 26.3 Å². The third-order valence-corrected chi connectivity index (χ3v) is 6.35. The van der Waals surface area contributed by atoms with Gasteiger partial charge < -0.3 is 4.74 Å². The van der Waals surface area contributed by atoms with E-state index >= 15 is 0 Å². The zero-order valence-electron chi connectivity index (χ0n) is 20.0. The highest BCUT2D eigenvalue weighted by atomic mass is 16.5. The maximum atomic E-state index is 12.3. The van der Waals surface area contributed by atoms with Gasteiger partial charge in [0.1, 0.15) is 5.75 Å². The van der Waals surface area contributed by atoms with Gasteiger partial charge in [-0.3, -0.25) is 4.79 Å². The fourth-order valence-corrected chi connectivity index (χ4v) is 3.96. The molecule has 0 aliphatic rings. The first-order valence-corrected chi connectivity index (χ1v) is 12.4. The minimum absolute atomic E-state index is 0.254. The van der Waals surface area contributed by atoms with Crippen molar-refractivity contribution in [2.24, 2.45) is 5.92 Å². The van der Waals surface area contributed by atoms with Crippen molar-refractivity contribution in [3.8, 4) is 5.75 Å². The Labute approximate surface area is 194 Å². The van der Waals surface area contributed by atoms with E-state index in [1.165, 1.54) is 41.2 Å². The molecule has 0 saturated heterocycles. The lowest BCUT2D eigenvalue weighted by atomic mass is 9.96. The van der Waals surface area contributed by atoms with E-state index in [-0.39, 0.29) is 5.78 Å². The Balaban J connectivity index is 1.53. The molecule has 0 bridgehead atoms. The van der Waals surface area contributed by atoms with Gasteiger partial charge in [-0.2, -0.15) is 0 Å². The Morgan fingerprint density at radius 3 is 2.25 bits per heavy atom. The van der Waals surface area contributed by atoms with Crippen molar-refractivity contribution in [3.63, 3.8) is 0 Å². The van der Waals surface area contributed by atoms with Crippen LogP contribution in [0.25, 0.3) is 10.8 Å². The lowest BCUT2D eigenvalue weighted by Gasteiger charge is -2.09. The molecule has 0 fully saturated rings. The summed E-state index contributed by atoms with van der Waals surface area (Å²) in [6.07, 6.45) is 8.55. The summed E-state index contributed by atoms with van der Waals surface area (Å²) in [5.74, 6) is 1.66. The summed E-state index contributed by atoms with van der Waals surface area (Å²) in [6, 6.07) is 21.3. The molecule has 3 rings (SSSR count). The van der Waals surface area contributed by atoms with Crippen LogP contribution in [0.15, 0.2) is 60.7 Å². The van der Waals surface area contributed by atoms with E-state index in [0.717, 1.165) is 43.6 Å². The van der Waals surface area contributed by atoms with Crippen molar-refractivity contribution >= 4 is 16.6 Å². The predicted molar refractivity (Wildman–Crippen MR) is 136 cm³/mol. The van der Waals surface area contributed by atoms with Crippen molar-refractivity contribution < 1.29 is 9.53 Å². The van der Waals surface area contributed by atoms with E-state index < -0.39 is 0 Å². The van der Waals surface area contributed by atoms with Crippen LogP contribution in [0.1, 0.15) is 80.8 Å². The summed E-state index contributed by atoms with van der Waals surface area (Å²) in [6.45, 7) is 7.30. The molecule has 0 amide bonds. The highest BCUT2D eigenvalue weighted by Gasteiger charge is 2.10. The summed E-state index contributed by atoms with van der Waals surface area (Å²) in [5, 5.41) is 2.48. The number of ether oxygens (including phenoxy) is 1. The molecular weight excluding hydrogens is 392 g/mol. The number of hydrogen-bond donors (Lipinski definition) is 0. The highest BCUT2D eigenvalue weighted by molar-refractivity contribution is 5.96. The molecule has 0 spiro atoms. The first-order chi connectivity index (χ1) is 15.6. The van der Waals surface area contributed by atoms with Crippen molar-refractivity contribution in [2.75, 3.05) is 6.61 Å². The third-order valence-electron chi connectivity index (χ3n) is 6.35. The average molecular weight is 431 g/mol. The van der Waals surface area contributed by atoms with E-state index in [4.69, 9.17) is 4.74 Å². The number of benzene rings is 3. The van der Waals surface area contributed by atoms with Gasteiger partial charge in [0.15, 0.2) is 5.78 Å². The largest absolute Gasteiger partial charge is 0.494 e. The molecule has 0 aromatic heterocycles. The van der Waals surface area contributed by atoms with Crippen LogP contribution in [-0.4, -0.2) is 12.4 Å². The normalized spacial score (nSPS) is 12.1. The van der Waals surface area contributed by atoms with Gasteiger partial charge in [0.2, 0.25) is 0 Å². The number of carbonyl (C=O) groups excluding carboxylic acids is 1. The number of ketones is 1. The number of Topliss-reactive ketones (excluding diaryl/α,β-unsaturated/α-hetero) is 1. The van der Waals surface area contributed by atoms with Gasteiger partial charge >= 0.3 is 0 Å². The van der Waals surface area contributed by atoms with E-state index in [1.807, 2.05) is 12.1 Å². The van der Waals surface area contributed by atoms with Crippen molar-refractivity contribution in [3.05, 3.63) is 77.4 Å². The first kappa shape index (κ1) is 24.0. The van der Waals surface area contributed by atoms with Crippen molar-refractivity contribution in [1.29, 1.82) is 0 Å². The Bertz CT molecular complexity index is 987. The van der Waals surface area contributed by atoms with E-state index in [9.17, 15) is 4.79 Å². The van der Waals surface area contributed by atoms with Gasteiger partial charge in [-0.25, -0.2) is 0 Å². The molecule has 2 nitrogen and oxygen atoms in total. The van der Waals surface area contributed by atoms with Gasteiger partial charge in [0.05, 0.1) is 6.61 Å². The number of fused-ring (bicyclic) bond motifs is 1. The lowest BCUT2D eigenvalue weighted by Crippen LogP contribution is -2.05. The SMILES string of the molecule is CCCCCCOc1ccc2cc(CCc3ccc(C(=O)C[C@H](C)CC)cc3)ccc2c1. The molecule has 0 heterocycles. The lowest BCUT2D eigenvalue weighted by molar-refractivity contribution is 0.0963. The van der Waals surface area contributed by atoms with Gasteiger partial charge in [-0.15, -0.1) is 0 Å². The molecule has 0 aliphatic carbocycles. The Morgan fingerprint density at radius 2 is 1.50 bits per heavy atom. The smallest absolute Gasteiger partial charge is 0.163 e. The molecule has 0 aliphatic heterocycles. The summed E-state index contributed by atoms with van der Waals surface area (Å²) in [4.78, 5) is 12.3. The average Bonchev–Trinajstić information content (AvgIpc) is 2.82. The molecule has 0 saturated carbocycles. The molecule has 1 atom stereocenters. The summed E-state index contributed by atoms with van der Waals surface area (Å²) in [7, 11) is 0. The van der Waals surface area contributed by atoms with Crippen molar-refractivity contribution in [1.82, 2.24) is 0 Å². The number of carbonyl (C=O) groups is 1. The number of rotatable bonds is 13. The standard InChI is InChI=1S/C30H38O2/c1-4-6-7-8-19-32-29-18-17-27-21-25(13-16-28(27)22-29)10-9-24-11-14-26(15-12-24)30(31)20-23(3)5-2/h11-18,21-23H,4-10,19-20H2,1-3H3/t23-/m1/s1. The fraction of sp³-hybridized carbons (Fsp3) is 0.433. The Kier molecular flexibility index (Phi) is 9.34. The molecule has 0 radical (unpaired) electrons. The number of hydrogen-bond acceptors (Lipinski definition) is 2. The maximum Gasteiger partial charge on any atom is 0.163 e. The number of unbranched alkanes of at least 4 members (excludes halogenated alkanes) is 3. The second-order valence-electron chi connectivity index (χ2n) is 9.09. The van der Waals surface area contributed by atoms with Gasteiger partial charge in [-0.1, -0.05) is 95.0 Å². The molecular formula is C30H38O2. The zero-order valence-corrected chi connectivity index (χ0v) is 20.0. The second kappa shape index (κ2) is 12.4. The summed E-state index contributed by atoms with van der Waals surface area (Å²) in [5.41, 5.74) is 3.45. The molecule has 32 heavy (non-hydrogen) atoms. The van der Waals surface area contributed by atoms with Gasteiger partial charge in [-0.05, 0) is 59.2 Å². The summed E-state index contributed by atoms with van der Waals surface area (Å²) < 4.78 is 5.93. The number of aryl methyl sites for hydroxylation is 2. The second-order valence-corrected chi connectivity index (χ2v) is 9.09. The Morgan fingerprint density at radius 1 is 0.812 bits per heavy atom. The van der Waals surface area contributed by atoms with E-state index in [0.29, 0.717) is 12.3 Å². The van der Waals surface area contributed by atoms with Crippen LogP contribution in [0.4, 0.5) is 0 Å². The van der Waals surface area contributed by atoms with Crippen LogP contribution in [-0.2, 0) is 12.8 Å². The molecule has 0 N–H and O–H groups in total. The molecule has 2 heteroatoms. The van der Waals surface area contributed by atoms with Crippen LogP contribution in [0, 0.1) is 5.92 Å². The molecule has 0 unspecified atom stereocenters. The van der Waals surface area contributed by atoms with E-state index in [2.05, 4.69) is 69.3 Å². The fourth-order valence-electron chi connectivity index (χ4n) is 3.96. The minimum atomic E-state index is 0.254. The van der Waals surface area contributed by atoms with Crippen LogP contribution < -0.4 is 4.74 Å².